The Kier molecular flexibility index (Phi) is 8.02. The number of hydrogen-bond acceptors (Lipinski definition) is 6. The van der Waals surface area contributed by atoms with Crippen molar-refractivity contribution in [1.82, 2.24) is 19.4 Å². The summed E-state index contributed by atoms with van der Waals surface area (Å²) in [4.78, 5) is 17.0. The van der Waals surface area contributed by atoms with Crippen LogP contribution in [0.1, 0.15) is 22.8 Å². The highest BCUT2D eigenvalue weighted by molar-refractivity contribution is 7.89. The standard InChI is InChI=1S/C20H32N4O4S/c1-2-29(26,27)24-10-8-23(9-11-24)17-18-4-3-5-19(16-18)20(25)21-6-7-22-12-14-28-15-13-22/h3-5,16H,2,6-15,17H2,1H3,(H,21,25). The van der Waals surface area contributed by atoms with Crippen LogP contribution in [0, 0.1) is 0 Å². The first-order valence-corrected chi connectivity index (χ1v) is 12.0. The van der Waals surface area contributed by atoms with E-state index in [1.54, 1.807) is 11.2 Å². The Hall–Kier alpha value is -1.52. The molecule has 0 aliphatic carbocycles. The van der Waals surface area contributed by atoms with Crippen molar-refractivity contribution in [2.45, 2.75) is 13.5 Å². The molecular formula is C20H32N4O4S. The van der Waals surface area contributed by atoms with Gasteiger partial charge in [-0.2, -0.15) is 4.31 Å². The third-order valence-corrected chi connectivity index (χ3v) is 7.38. The summed E-state index contributed by atoms with van der Waals surface area (Å²) < 4.78 is 30.9. The molecule has 0 bridgehead atoms. The van der Waals surface area contributed by atoms with Gasteiger partial charge in [-0.15, -0.1) is 0 Å². The van der Waals surface area contributed by atoms with Gasteiger partial charge in [-0.25, -0.2) is 8.42 Å². The largest absolute Gasteiger partial charge is 0.379 e. The average molecular weight is 425 g/mol. The zero-order chi connectivity index (χ0) is 20.7. The van der Waals surface area contributed by atoms with Crippen LogP contribution in [0.4, 0.5) is 0 Å². The Bertz CT molecular complexity index is 772. The minimum atomic E-state index is -3.11. The normalized spacial score (nSPS) is 19.9. The lowest BCUT2D eigenvalue weighted by molar-refractivity contribution is 0.0383. The predicted molar refractivity (Wildman–Crippen MR) is 112 cm³/mol. The fraction of sp³-hybridized carbons (Fsp3) is 0.650. The zero-order valence-corrected chi connectivity index (χ0v) is 18.0. The number of benzene rings is 1. The number of piperazine rings is 1. The maximum Gasteiger partial charge on any atom is 0.251 e. The predicted octanol–water partition coefficient (Wildman–Crippen LogP) is 0.216. The number of hydrogen-bond donors (Lipinski definition) is 1. The van der Waals surface area contributed by atoms with Crippen LogP contribution < -0.4 is 5.32 Å². The van der Waals surface area contributed by atoms with Crippen molar-refractivity contribution in [3.8, 4) is 0 Å². The van der Waals surface area contributed by atoms with Gasteiger partial charge in [0.2, 0.25) is 10.0 Å². The maximum atomic E-state index is 12.5. The summed E-state index contributed by atoms with van der Waals surface area (Å²) in [6.45, 7) is 9.66. The summed E-state index contributed by atoms with van der Waals surface area (Å²) in [5, 5.41) is 3.00. The van der Waals surface area contributed by atoms with Crippen LogP contribution in [0.15, 0.2) is 24.3 Å². The highest BCUT2D eigenvalue weighted by atomic mass is 32.2. The van der Waals surface area contributed by atoms with Crippen LogP contribution in [0.5, 0.6) is 0 Å². The molecule has 29 heavy (non-hydrogen) atoms. The maximum absolute atomic E-state index is 12.5. The molecule has 0 saturated carbocycles. The molecule has 0 spiro atoms. The van der Waals surface area contributed by atoms with Gasteiger partial charge in [0.15, 0.2) is 0 Å². The molecule has 2 fully saturated rings. The van der Waals surface area contributed by atoms with Crippen molar-refractivity contribution in [2.75, 3.05) is 71.3 Å². The van der Waals surface area contributed by atoms with Crippen LogP contribution in [0.2, 0.25) is 0 Å². The molecular weight excluding hydrogens is 392 g/mol. The molecule has 0 unspecified atom stereocenters. The van der Waals surface area contributed by atoms with E-state index in [2.05, 4.69) is 15.1 Å². The van der Waals surface area contributed by atoms with E-state index in [-0.39, 0.29) is 11.7 Å². The summed E-state index contributed by atoms with van der Waals surface area (Å²) >= 11 is 0. The molecule has 1 aromatic carbocycles. The molecule has 1 aromatic rings. The molecule has 1 N–H and O–H groups in total. The summed E-state index contributed by atoms with van der Waals surface area (Å²) in [7, 11) is -3.11. The SMILES string of the molecule is CCS(=O)(=O)N1CCN(Cc2cccc(C(=O)NCCN3CCOCC3)c2)CC1. The van der Waals surface area contributed by atoms with E-state index in [1.165, 1.54) is 0 Å². The lowest BCUT2D eigenvalue weighted by Gasteiger charge is -2.33. The van der Waals surface area contributed by atoms with Gasteiger partial charge >= 0.3 is 0 Å². The first-order chi connectivity index (χ1) is 14.0. The number of carbonyl (C=O) groups is 1. The fourth-order valence-corrected chi connectivity index (χ4v) is 4.76. The van der Waals surface area contributed by atoms with Gasteiger partial charge in [0.1, 0.15) is 0 Å². The van der Waals surface area contributed by atoms with E-state index in [0.717, 1.165) is 45.0 Å². The lowest BCUT2D eigenvalue weighted by Crippen LogP contribution is -2.48. The molecule has 2 aliphatic heterocycles. The second-order valence-corrected chi connectivity index (χ2v) is 9.74. The Balaban J connectivity index is 1.46. The molecule has 0 atom stereocenters. The van der Waals surface area contributed by atoms with Gasteiger partial charge in [-0.1, -0.05) is 12.1 Å². The van der Waals surface area contributed by atoms with Gasteiger partial charge in [0.05, 0.1) is 19.0 Å². The Morgan fingerprint density at radius 1 is 1.07 bits per heavy atom. The second kappa shape index (κ2) is 10.5. The molecule has 2 heterocycles. The Morgan fingerprint density at radius 3 is 2.48 bits per heavy atom. The van der Waals surface area contributed by atoms with E-state index in [1.807, 2.05) is 24.3 Å². The number of ether oxygens (including phenoxy) is 1. The number of nitrogens with one attached hydrogen (secondary N) is 1. The molecule has 0 aromatic heterocycles. The third kappa shape index (κ3) is 6.48. The van der Waals surface area contributed by atoms with Crippen LogP contribution in [-0.4, -0.2) is 99.8 Å². The Morgan fingerprint density at radius 2 is 1.79 bits per heavy atom. The smallest absolute Gasteiger partial charge is 0.251 e. The van der Waals surface area contributed by atoms with Crippen molar-refractivity contribution >= 4 is 15.9 Å². The van der Waals surface area contributed by atoms with Crippen molar-refractivity contribution < 1.29 is 17.9 Å². The Labute approximate surface area is 173 Å². The van der Waals surface area contributed by atoms with Gasteiger partial charge in [-0.3, -0.25) is 14.6 Å². The minimum absolute atomic E-state index is 0.0565. The molecule has 9 heteroatoms. The molecule has 8 nitrogen and oxygen atoms in total. The first-order valence-electron chi connectivity index (χ1n) is 10.4. The first kappa shape index (κ1) is 22.2. The van der Waals surface area contributed by atoms with Gasteiger partial charge < -0.3 is 10.1 Å². The van der Waals surface area contributed by atoms with Crippen LogP contribution in [0.25, 0.3) is 0 Å². The van der Waals surface area contributed by atoms with E-state index in [9.17, 15) is 13.2 Å². The topological polar surface area (TPSA) is 82.2 Å². The number of sulfonamides is 1. The summed E-state index contributed by atoms with van der Waals surface area (Å²) in [5.74, 6) is 0.0920. The van der Waals surface area contributed by atoms with E-state index >= 15 is 0 Å². The number of amides is 1. The van der Waals surface area contributed by atoms with Gasteiger partial charge in [0, 0.05) is 64.5 Å². The minimum Gasteiger partial charge on any atom is -0.379 e. The number of nitrogens with zero attached hydrogens (tertiary/aromatic N) is 3. The van der Waals surface area contributed by atoms with Crippen molar-refractivity contribution in [1.29, 1.82) is 0 Å². The monoisotopic (exact) mass is 424 g/mol. The van der Waals surface area contributed by atoms with E-state index in [0.29, 0.717) is 38.3 Å². The van der Waals surface area contributed by atoms with E-state index < -0.39 is 10.0 Å². The fourth-order valence-electron chi connectivity index (χ4n) is 3.67. The van der Waals surface area contributed by atoms with Crippen LogP contribution >= 0.6 is 0 Å². The van der Waals surface area contributed by atoms with Gasteiger partial charge in [0.25, 0.3) is 5.91 Å². The molecule has 2 aliphatic rings. The zero-order valence-electron chi connectivity index (χ0n) is 17.2. The molecule has 3 rings (SSSR count). The molecule has 162 valence electrons. The van der Waals surface area contributed by atoms with Crippen LogP contribution in [0.3, 0.4) is 0 Å². The quantitative estimate of drug-likeness (QED) is 0.643. The second-order valence-electron chi connectivity index (χ2n) is 7.49. The van der Waals surface area contributed by atoms with E-state index in [4.69, 9.17) is 4.74 Å². The number of morpholine rings is 1. The summed E-state index contributed by atoms with van der Waals surface area (Å²) in [5.41, 5.74) is 1.73. The number of carbonyl (C=O) groups excluding carboxylic acids is 1. The highest BCUT2D eigenvalue weighted by Gasteiger charge is 2.25. The number of rotatable bonds is 8. The summed E-state index contributed by atoms with van der Waals surface area (Å²) in [6, 6.07) is 7.68. The molecule has 1 amide bonds. The lowest BCUT2D eigenvalue weighted by atomic mass is 10.1. The molecule has 0 radical (unpaired) electrons. The van der Waals surface area contributed by atoms with Crippen molar-refractivity contribution in [3.05, 3.63) is 35.4 Å². The molecule has 2 saturated heterocycles. The van der Waals surface area contributed by atoms with Crippen molar-refractivity contribution in [3.63, 3.8) is 0 Å². The average Bonchev–Trinajstić information content (AvgIpc) is 2.75. The van der Waals surface area contributed by atoms with Gasteiger partial charge in [-0.05, 0) is 24.6 Å². The van der Waals surface area contributed by atoms with Crippen LogP contribution in [-0.2, 0) is 21.3 Å². The third-order valence-electron chi connectivity index (χ3n) is 5.50. The summed E-state index contributed by atoms with van der Waals surface area (Å²) in [6.07, 6.45) is 0. The van der Waals surface area contributed by atoms with Crippen molar-refractivity contribution in [2.24, 2.45) is 0 Å². The highest BCUT2D eigenvalue weighted by Crippen LogP contribution is 2.13.